The monoisotopic (exact) mass is 256 g/mol. The summed E-state index contributed by atoms with van der Waals surface area (Å²) in [5.74, 6) is 8.97. The Kier molecular flexibility index (Phi) is 4.97. The maximum atomic E-state index is 11.2. The van der Waals surface area contributed by atoms with Crippen LogP contribution in [0.1, 0.15) is 20.3 Å². The Labute approximate surface area is 91.0 Å². The Bertz CT molecular complexity index is 342. The molecule has 0 rings (SSSR count). The van der Waals surface area contributed by atoms with E-state index >= 15 is 0 Å². The van der Waals surface area contributed by atoms with Crippen LogP contribution in [-0.2, 0) is 9.59 Å². The summed E-state index contributed by atoms with van der Waals surface area (Å²) < 4.78 is -0.517. The third-order valence-electron chi connectivity index (χ3n) is 1.43. The molecule has 0 spiro atoms. The standard InChI is InChI=1S/C10H9BrO3/c1-3-5-10(6-4-2,9(11)14)7-8(12)13/h7H2,1-2H3,(H,12,13). The molecule has 0 atom stereocenters. The van der Waals surface area contributed by atoms with E-state index in [-0.39, 0.29) is 0 Å². The van der Waals surface area contributed by atoms with Crippen LogP contribution in [0.5, 0.6) is 0 Å². The van der Waals surface area contributed by atoms with Gasteiger partial charge in [0, 0.05) is 0 Å². The Morgan fingerprint density at radius 1 is 1.29 bits per heavy atom. The molecule has 0 aromatic carbocycles. The number of halogens is 1. The number of rotatable bonds is 3. The first-order valence-corrected chi connectivity index (χ1v) is 4.57. The summed E-state index contributed by atoms with van der Waals surface area (Å²) >= 11 is 2.72. The lowest BCUT2D eigenvalue weighted by Gasteiger charge is -2.14. The second kappa shape index (κ2) is 5.47. The smallest absolute Gasteiger partial charge is 0.306 e. The van der Waals surface area contributed by atoms with Gasteiger partial charge in [-0.3, -0.25) is 9.59 Å². The van der Waals surface area contributed by atoms with E-state index in [1.54, 1.807) is 0 Å². The Balaban J connectivity index is 5.29. The SMILES string of the molecule is CC#CC(C#CC)(CC(=O)O)C(=O)Br. The largest absolute Gasteiger partial charge is 0.481 e. The van der Waals surface area contributed by atoms with Crippen LogP contribution in [-0.4, -0.2) is 15.8 Å². The maximum absolute atomic E-state index is 11.2. The van der Waals surface area contributed by atoms with Crippen LogP contribution in [0.4, 0.5) is 0 Å². The summed E-state index contributed by atoms with van der Waals surface area (Å²) in [7, 11) is 0. The molecule has 0 fully saturated rings. The van der Waals surface area contributed by atoms with Crippen molar-refractivity contribution >= 4 is 26.6 Å². The molecule has 0 saturated carbocycles. The van der Waals surface area contributed by atoms with Crippen LogP contribution in [0.3, 0.4) is 0 Å². The predicted octanol–water partition coefficient (Wildman–Crippen LogP) is 1.42. The number of hydrogen-bond donors (Lipinski definition) is 1. The van der Waals surface area contributed by atoms with Crippen molar-refractivity contribution in [1.29, 1.82) is 0 Å². The number of carbonyl (C=O) groups excluding carboxylic acids is 1. The second-order valence-corrected chi connectivity index (χ2v) is 3.22. The molecule has 3 nitrogen and oxygen atoms in total. The van der Waals surface area contributed by atoms with E-state index in [2.05, 4.69) is 39.6 Å². The van der Waals surface area contributed by atoms with Crippen LogP contribution in [0.2, 0.25) is 0 Å². The molecule has 0 aromatic rings. The molecular formula is C10H9BrO3. The predicted molar refractivity (Wildman–Crippen MR) is 55.5 cm³/mol. The zero-order valence-corrected chi connectivity index (χ0v) is 9.43. The van der Waals surface area contributed by atoms with Crippen LogP contribution in [0.25, 0.3) is 0 Å². The molecule has 0 aliphatic carbocycles. The molecule has 4 heteroatoms. The zero-order valence-electron chi connectivity index (χ0n) is 7.85. The highest BCUT2D eigenvalue weighted by Crippen LogP contribution is 2.25. The fourth-order valence-electron chi connectivity index (χ4n) is 0.941. The van der Waals surface area contributed by atoms with E-state index in [4.69, 9.17) is 5.11 Å². The summed E-state index contributed by atoms with van der Waals surface area (Å²) in [6, 6.07) is 0. The minimum absolute atomic E-state index is 0.418. The average Bonchev–Trinajstić information content (AvgIpc) is 2.03. The molecule has 0 aliphatic heterocycles. The third kappa shape index (κ3) is 3.24. The number of hydrogen-bond acceptors (Lipinski definition) is 2. The van der Waals surface area contributed by atoms with Gasteiger partial charge in [0.15, 0.2) is 5.41 Å². The van der Waals surface area contributed by atoms with Crippen LogP contribution in [0.15, 0.2) is 0 Å². The van der Waals surface area contributed by atoms with Gasteiger partial charge in [-0.2, -0.15) is 0 Å². The Morgan fingerprint density at radius 3 is 1.93 bits per heavy atom. The van der Waals surface area contributed by atoms with E-state index in [9.17, 15) is 9.59 Å². The van der Waals surface area contributed by atoms with Crippen molar-refractivity contribution in [3.63, 3.8) is 0 Å². The highest BCUT2D eigenvalue weighted by molar-refractivity contribution is 9.18. The first kappa shape index (κ1) is 12.7. The number of carbonyl (C=O) groups is 2. The number of carboxylic acids is 1. The lowest BCUT2D eigenvalue weighted by atomic mass is 9.87. The molecule has 14 heavy (non-hydrogen) atoms. The van der Waals surface area contributed by atoms with E-state index in [1.807, 2.05) is 0 Å². The van der Waals surface area contributed by atoms with Crippen LogP contribution < -0.4 is 0 Å². The molecular weight excluding hydrogens is 248 g/mol. The van der Waals surface area contributed by atoms with E-state index < -0.39 is 22.5 Å². The van der Waals surface area contributed by atoms with Crippen molar-refractivity contribution in [2.24, 2.45) is 5.41 Å². The molecule has 0 radical (unpaired) electrons. The van der Waals surface area contributed by atoms with E-state index in [0.717, 1.165) is 0 Å². The fourth-order valence-corrected chi connectivity index (χ4v) is 1.28. The van der Waals surface area contributed by atoms with Gasteiger partial charge < -0.3 is 5.11 Å². The van der Waals surface area contributed by atoms with Gasteiger partial charge in [-0.05, 0) is 29.8 Å². The molecule has 0 bridgehead atoms. The van der Waals surface area contributed by atoms with Crippen molar-refractivity contribution < 1.29 is 14.7 Å². The van der Waals surface area contributed by atoms with Gasteiger partial charge in [0.2, 0.25) is 4.69 Å². The van der Waals surface area contributed by atoms with Gasteiger partial charge in [-0.25, -0.2) is 0 Å². The van der Waals surface area contributed by atoms with Crippen molar-refractivity contribution in [2.75, 3.05) is 0 Å². The first-order valence-electron chi connectivity index (χ1n) is 3.78. The lowest BCUT2D eigenvalue weighted by Crippen LogP contribution is -2.27. The molecule has 1 N–H and O–H groups in total. The molecule has 0 saturated heterocycles. The van der Waals surface area contributed by atoms with Crippen molar-refractivity contribution in [2.45, 2.75) is 20.3 Å². The topological polar surface area (TPSA) is 54.4 Å². The van der Waals surface area contributed by atoms with E-state index in [1.165, 1.54) is 13.8 Å². The van der Waals surface area contributed by atoms with Gasteiger partial charge in [0.1, 0.15) is 0 Å². The van der Waals surface area contributed by atoms with Gasteiger partial charge in [-0.1, -0.05) is 11.8 Å². The Morgan fingerprint density at radius 2 is 1.71 bits per heavy atom. The van der Waals surface area contributed by atoms with E-state index in [0.29, 0.717) is 0 Å². The first-order chi connectivity index (χ1) is 6.48. The van der Waals surface area contributed by atoms with Gasteiger partial charge >= 0.3 is 5.97 Å². The maximum Gasteiger partial charge on any atom is 0.306 e. The molecule has 0 aromatic heterocycles. The molecule has 0 unspecified atom stereocenters. The summed E-state index contributed by atoms with van der Waals surface area (Å²) in [6.07, 6.45) is -0.418. The highest BCUT2D eigenvalue weighted by Gasteiger charge is 2.35. The molecule has 0 aliphatic rings. The van der Waals surface area contributed by atoms with Crippen LogP contribution >= 0.6 is 15.9 Å². The highest BCUT2D eigenvalue weighted by atomic mass is 79.9. The fraction of sp³-hybridized carbons (Fsp3) is 0.400. The minimum Gasteiger partial charge on any atom is -0.481 e. The summed E-state index contributed by atoms with van der Waals surface area (Å²) in [6.45, 7) is 3.06. The quantitative estimate of drug-likeness (QED) is 0.614. The number of aliphatic carboxylic acids is 1. The normalized spacial score (nSPS) is 9.07. The average molecular weight is 257 g/mol. The summed E-state index contributed by atoms with van der Waals surface area (Å²) in [5, 5.41) is 8.64. The molecule has 0 heterocycles. The van der Waals surface area contributed by atoms with Crippen LogP contribution in [0, 0.1) is 29.1 Å². The minimum atomic E-state index is -1.42. The van der Waals surface area contributed by atoms with Gasteiger partial charge in [0.05, 0.1) is 6.42 Å². The van der Waals surface area contributed by atoms with Crippen molar-refractivity contribution in [3.8, 4) is 23.7 Å². The summed E-state index contributed by atoms with van der Waals surface area (Å²) in [5.41, 5.74) is -1.42. The lowest BCUT2D eigenvalue weighted by molar-refractivity contribution is -0.139. The van der Waals surface area contributed by atoms with Gasteiger partial charge in [0.25, 0.3) is 0 Å². The summed E-state index contributed by atoms with van der Waals surface area (Å²) in [4.78, 5) is 21.8. The Hall–Kier alpha value is -1.26. The molecule has 74 valence electrons. The van der Waals surface area contributed by atoms with Crippen molar-refractivity contribution in [1.82, 2.24) is 0 Å². The third-order valence-corrected chi connectivity index (χ3v) is 2.11. The zero-order chi connectivity index (χ0) is 11.2. The molecule has 0 amide bonds. The second-order valence-electron chi connectivity index (χ2n) is 2.50. The van der Waals surface area contributed by atoms with Crippen molar-refractivity contribution in [3.05, 3.63) is 0 Å². The van der Waals surface area contributed by atoms with Gasteiger partial charge in [-0.15, -0.1) is 11.8 Å². The number of carboxylic acid groups (broad SMARTS) is 1.